The highest BCUT2D eigenvalue weighted by molar-refractivity contribution is 6.08. The normalized spacial score (nSPS) is 18.4. The molecule has 1 aliphatic heterocycles. The molecule has 2 aromatic rings. The Bertz CT molecular complexity index is 662. The van der Waals surface area contributed by atoms with Crippen molar-refractivity contribution < 1.29 is 9.59 Å². The summed E-state index contributed by atoms with van der Waals surface area (Å²) >= 11 is 0. The summed E-state index contributed by atoms with van der Waals surface area (Å²) in [5, 5.41) is 3.54. The predicted molar refractivity (Wildman–Crippen MR) is 76.4 cm³/mol. The number of nitrogens with zero attached hydrogens (tertiary/aromatic N) is 1. The highest BCUT2D eigenvalue weighted by Gasteiger charge is 2.34. The van der Waals surface area contributed by atoms with Gasteiger partial charge in [0.2, 0.25) is 5.91 Å². The Morgan fingerprint density at radius 1 is 1.35 bits per heavy atom. The molecule has 3 rings (SSSR count). The van der Waals surface area contributed by atoms with E-state index in [0.29, 0.717) is 12.1 Å². The highest BCUT2D eigenvalue weighted by atomic mass is 16.2. The maximum Gasteiger partial charge on any atom is 0.256 e. The van der Waals surface area contributed by atoms with Crippen LogP contribution < -0.4 is 5.32 Å². The van der Waals surface area contributed by atoms with Gasteiger partial charge in [0.15, 0.2) is 0 Å². The molecule has 104 valence electrons. The van der Waals surface area contributed by atoms with Gasteiger partial charge < -0.3 is 15.2 Å². The van der Waals surface area contributed by atoms with Crippen molar-refractivity contribution in [2.24, 2.45) is 0 Å². The van der Waals surface area contributed by atoms with E-state index in [1.54, 1.807) is 18.1 Å². The van der Waals surface area contributed by atoms with Crippen molar-refractivity contribution in [2.75, 3.05) is 13.6 Å². The van der Waals surface area contributed by atoms with E-state index in [2.05, 4.69) is 10.3 Å². The largest absolute Gasteiger partial charge is 0.360 e. The number of likely N-dealkylation sites (N-methyl/N-ethyl adjacent to an activating group) is 1. The van der Waals surface area contributed by atoms with Crippen LogP contribution >= 0.6 is 0 Å². The van der Waals surface area contributed by atoms with Gasteiger partial charge in [-0.05, 0) is 18.9 Å². The number of carbonyl (C=O) groups is 2. The molecule has 2 N–H and O–H groups in total. The molecule has 5 heteroatoms. The Morgan fingerprint density at radius 2 is 2.15 bits per heavy atom. The second-order valence-corrected chi connectivity index (χ2v) is 5.02. The molecule has 1 fully saturated rings. The monoisotopic (exact) mass is 271 g/mol. The molecular weight excluding hydrogens is 254 g/mol. The number of nitrogens with one attached hydrogen (secondary N) is 2. The fraction of sp³-hybridized carbons (Fsp3) is 0.333. The molecule has 1 aromatic carbocycles. The van der Waals surface area contributed by atoms with E-state index in [9.17, 15) is 9.59 Å². The van der Waals surface area contributed by atoms with Gasteiger partial charge in [0.05, 0.1) is 5.56 Å². The summed E-state index contributed by atoms with van der Waals surface area (Å²) in [6.45, 7) is 0.635. The number of fused-ring (bicyclic) bond motifs is 1. The first kappa shape index (κ1) is 12.7. The average molecular weight is 271 g/mol. The molecular formula is C15H17N3O2. The Labute approximate surface area is 117 Å². The van der Waals surface area contributed by atoms with Crippen LogP contribution in [0.1, 0.15) is 23.2 Å². The Morgan fingerprint density at radius 3 is 2.95 bits per heavy atom. The second-order valence-electron chi connectivity index (χ2n) is 5.02. The first-order chi connectivity index (χ1) is 9.72. The van der Waals surface area contributed by atoms with E-state index in [1.165, 1.54) is 0 Å². The quantitative estimate of drug-likeness (QED) is 0.869. The number of aromatic amines is 1. The molecule has 1 unspecified atom stereocenters. The lowest BCUT2D eigenvalue weighted by Crippen LogP contribution is -2.44. The summed E-state index contributed by atoms with van der Waals surface area (Å²) < 4.78 is 0. The topological polar surface area (TPSA) is 65.2 Å². The molecule has 0 bridgehead atoms. The number of para-hydroxylation sites is 1. The SMILES string of the molecule is CNC(=O)C1CCCN1C(=O)c1c[nH]c2ccccc12. The molecule has 2 heterocycles. The zero-order valence-corrected chi connectivity index (χ0v) is 11.3. The van der Waals surface area contributed by atoms with Crippen LogP contribution in [0.2, 0.25) is 0 Å². The first-order valence-electron chi connectivity index (χ1n) is 6.81. The third-order valence-electron chi connectivity index (χ3n) is 3.88. The van der Waals surface area contributed by atoms with Crippen LogP contribution in [0.15, 0.2) is 30.5 Å². The minimum atomic E-state index is -0.346. The van der Waals surface area contributed by atoms with Gasteiger partial charge in [-0.1, -0.05) is 18.2 Å². The molecule has 5 nitrogen and oxygen atoms in total. The average Bonchev–Trinajstić information content (AvgIpc) is 3.12. The Balaban J connectivity index is 1.94. The summed E-state index contributed by atoms with van der Waals surface area (Å²) in [4.78, 5) is 29.3. The number of likely N-dealkylation sites (tertiary alicyclic amines) is 1. The van der Waals surface area contributed by atoms with Crippen LogP contribution in [0.5, 0.6) is 0 Å². The van der Waals surface area contributed by atoms with Gasteiger partial charge in [-0.2, -0.15) is 0 Å². The number of rotatable bonds is 2. The van der Waals surface area contributed by atoms with Crippen molar-refractivity contribution in [3.63, 3.8) is 0 Å². The lowest BCUT2D eigenvalue weighted by molar-refractivity contribution is -0.124. The Hall–Kier alpha value is -2.30. The van der Waals surface area contributed by atoms with E-state index in [-0.39, 0.29) is 17.9 Å². The second kappa shape index (κ2) is 5.00. The van der Waals surface area contributed by atoms with Crippen LogP contribution in [0.4, 0.5) is 0 Å². The lowest BCUT2D eigenvalue weighted by Gasteiger charge is -2.23. The fourth-order valence-corrected chi connectivity index (χ4v) is 2.85. The molecule has 0 saturated carbocycles. The number of H-pyrrole nitrogens is 1. The summed E-state index contributed by atoms with van der Waals surface area (Å²) in [7, 11) is 1.61. The smallest absolute Gasteiger partial charge is 0.256 e. The maximum absolute atomic E-state index is 12.7. The predicted octanol–water partition coefficient (Wildman–Crippen LogP) is 1.52. The minimum absolute atomic E-state index is 0.0754. The number of amides is 2. The van der Waals surface area contributed by atoms with Crippen LogP contribution in [0.25, 0.3) is 10.9 Å². The van der Waals surface area contributed by atoms with E-state index < -0.39 is 0 Å². The van der Waals surface area contributed by atoms with Gasteiger partial charge in [0, 0.05) is 30.7 Å². The summed E-state index contributed by atoms with van der Waals surface area (Å²) in [6, 6.07) is 7.35. The van der Waals surface area contributed by atoms with Crippen molar-refractivity contribution in [3.8, 4) is 0 Å². The number of hydrogen-bond donors (Lipinski definition) is 2. The number of hydrogen-bond acceptors (Lipinski definition) is 2. The molecule has 1 atom stereocenters. The van der Waals surface area contributed by atoms with E-state index in [0.717, 1.165) is 23.7 Å². The maximum atomic E-state index is 12.7. The van der Waals surface area contributed by atoms with Crippen LogP contribution in [-0.2, 0) is 4.79 Å². The zero-order chi connectivity index (χ0) is 14.1. The van der Waals surface area contributed by atoms with Crippen molar-refractivity contribution >= 4 is 22.7 Å². The number of carbonyl (C=O) groups excluding carboxylic acids is 2. The van der Waals surface area contributed by atoms with Gasteiger partial charge in [0.25, 0.3) is 5.91 Å². The molecule has 20 heavy (non-hydrogen) atoms. The van der Waals surface area contributed by atoms with Crippen molar-refractivity contribution in [2.45, 2.75) is 18.9 Å². The molecule has 0 spiro atoms. The highest BCUT2D eigenvalue weighted by Crippen LogP contribution is 2.24. The fourth-order valence-electron chi connectivity index (χ4n) is 2.85. The molecule has 2 amide bonds. The van der Waals surface area contributed by atoms with Crippen LogP contribution in [0, 0.1) is 0 Å². The van der Waals surface area contributed by atoms with Gasteiger partial charge in [0.1, 0.15) is 6.04 Å². The molecule has 0 aliphatic carbocycles. The van der Waals surface area contributed by atoms with Crippen molar-refractivity contribution in [3.05, 3.63) is 36.0 Å². The number of benzene rings is 1. The lowest BCUT2D eigenvalue weighted by atomic mass is 10.1. The van der Waals surface area contributed by atoms with Crippen LogP contribution in [0.3, 0.4) is 0 Å². The molecule has 1 saturated heterocycles. The molecule has 1 aliphatic rings. The third kappa shape index (κ3) is 1.95. The van der Waals surface area contributed by atoms with Crippen LogP contribution in [-0.4, -0.2) is 41.3 Å². The van der Waals surface area contributed by atoms with Gasteiger partial charge >= 0.3 is 0 Å². The van der Waals surface area contributed by atoms with E-state index in [4.69, 9.17) is 0 Å². The van der Waals surface area contributed by atoms with E-state index in [1.807, 2.05) is 24.3 Å². The summed E-state index contributed by atoms with van der Waals surface area (Å²) in [6.07, 6.45) is 3.33. The standard InChI is InChI=1S/C15H17N3O2/c1-16-14(19)13-7-4-8-18(13)15(20)11-9-17-12-6-3-2-5-10(11)12/h2-3,5-6,9,13,17H,4,7-8H2,1H3,(H,16,19). The number of aromatic nitrogens is 1. The molecule has 0 radical (unpaired) electrons. The van der Waals surface area contributed by atoms with E-state index >= 15 is 0 Å². The van der Waals surface area contributed by atoms with Gasteiger partial charge in [-0.25, -0.2) is 0 Å². The third-order valence-corrected chi connectivity index (χ3v) is 3.88. The first-order valence-corrected chi connectivity index (χ1v) is 6.81. The summed E-state index contributed by atoms with van der Waals surface area (Å²) in [5.41, 5.74) is 1.57. The summed E-state index contributed by atoms with van der Waals surface area (Å²) in [5.74, 6) is -0.163. The zero-order valence-electron chi connectivity index (χ0n) is 11.3. The minimum Gasteiger partial charge on any atom is -0.360 e. The van der Waals surface area contributed by atoms with Gasteiger partial charge in [-0.15, -0.1) is 0 Å². The Kier molecular flexibility index (Phi) is 3.18. The van der Waals surface area contributed by atoms with Crippen molar-refractivity contribution in [1.29, 1.82) is 0 Å². The molecule has 1 aromatic heterocycles. The van der Waals surface area contributed by atoms with Gasteiger partial charge in [-0.3, -0.25) is 9.59 Å². The van der Waals surface area contributed by atoms with Crippen molar-refractivity contribution in [1.82, 2.24) is 15.2 Å².